The highest BCUT2D eigenvalue weighted by Crippen LogP contribution is 2.46. The van der Waals surface area contributed by atoms with Crippen molar-refractivity contribution in [1.29, 1.82) is 0 Å². The molecule has 8 unspecified atom stereocenters. The molecular weight excluding hydrogens is 939 g/mol. The fraction of sp³-hybridized carbons (Fsp3) is 0.489. The zero-order valence-corrected chi connectivity index (χ0v) is 41.7. The quantitative estimate of drug-likeness (QED) is 0.0908. The normalized spacial score (nSPS) is 28.0. The Morgan fingerprint density at radius 2 is 1.93 bits per heavy atom. The lowest BCUT2D eigenvalue weighted by Gasteiger charge is -2.51. The Labute approximate surface area is 404 Å². The van der Waals surface area contributed by atoms with E-state index in [4.69, 9.17) is 46.1 Å². The number of aromatic hydroxyl groups is 1. The molecule has 6 rings (SSSR count). The Morgan fingerprint density at radius 1 is 1.18 bits per heavy atom. The van der Waals surface area contributed by atoms with Crippen molar-refractivity contribution in [2.24, 2.45) is 0 Å². The maximum absolute atomic E-state index is 15.3. The third kappa shape index (κ3) is 11.6. The van der Waals surface area contributed by atoms with E-state index in [1.165, 1.54) is 31.5 Å². The predicted octanol–water partition coefficient (Wildman–Crippen LogP) is 3.44. The largest absolute Gasteiger partial charge is 0.508 e. The fourth-order valence-electron chi connectivity index (χ4n) is 8.53. The number of fused-ring (bicyclic) bond motifs is 3. The van der Waals surface area contributed by atoms with Crippen LogP contribution in [0.5, 0.6) is 5.75 Å². The lowest BCUT2D eigenvalue weighted by atomic mass is 9.82. The number of benzene rings is 1. The summed E-state index contributed by atoms with van der Waals surface area (Å²) in [6.07, 6.45) is -0.892. The number of allylic oxidation sites excluding steroid dienone is 3. The number of nitrogens with zero attached hydrogens (tertiary/aromatic N) is 1. The molecular formula is C47H57N5O11S4. The summed E-state index contributed by atoms with van der Waals surface area (Å²) in [6.45, 7) is 7.46. The van der Waals surface area contributed by atoms with Crippen molar-refractivity contribution < 1.29 is 53.4 Å². The number of aromatic amines is 1. The number of hydrogen-bond acceptors (Lipinski definition) is 16. The predicted molar refractivity (Wildman–Crippen MR) is 265 cm³/mol. The lowest BCUT2D eigenvalue weighted by Crippen LogP contribution is -2.68. The Bertz CT molecular complexity index is 2700. The van der Waals surface area contributed by atoms with Crippen LogP contribution in [0.3, 0.4) is 0 Å². The molecule has 10 atom stereocenters. The van der Waals surface area contributed by atoms with Gasteiger partial charge in [0.25, 0.3) is 0 Å². The van der Waals surface area contributed by atoms with Gasteiger partial charge >= 0.3 is 6.03 Å². The van der Waals surface area contributed by atoms with Gasteiger partial charge in [0.2, 0.25) is 5.78 Å². The molecule has 2 aromatic heterocycles. The van der Waals surface area contributed by atoms with Crippen molar-refractivity contribution in [1.82, 2.24) is 25.9 Å². The minimum Gasteiger partial charge on any atom is -0.508 e. The topological polar surface area (TPSA) is 223 Å². The molecule has 4 heterocycles. The van der Waals surface area contributed by atoms with E-state index in [2.05, 4.69) is 49.6 Å². The third-order valence-electron chi connectivity index (χ3n) is 11.7. The molecule has 0 radical (unpaired) electrons. The fourth-order valence-corrected chi connectivity index (χ4v) is 10.5. The van der Waals surface area contributed by atoms with Crippen molar-refractivity contribution in [3.05, 3.63) is 71.2 Å². The van der Waals surface area contributed by atoms with Gasteiger partial charge in [-0.25, -0.2) is 4.79 Å². The number of aliphatic hydroxyl groups is 2. The van der Waals surface area contributed by atoms with E-state index in [1.54, 1.807) is 57.7 Å². The second-order valence-corrected chi connectivity index (χ2v) is 24.9. The van der Waals surface area contributed by atoms with E-state index < -0.39 is 72.6 Å². The van der Waals surface area contributed by atoms with E-state index in [0.29, 0.717) is 21.8 Å². The zero-order valence-electron chi connectivity index (χ0n) is 38.4. The van der Waals surface area contributed by atoms with Crippen LogP contribution < -0.4 is 16.0 Å². The van der Waals surface area contributed by atoms with Crippen molar-refractivity contribution >= 4 is 80.7 Å². The minimum atomic E-state index is -2.03. The smallest absolute Gasteiger partial charge is 0.319 e. The van der Waals surface area contributed by atoms with Gasteiger partial charge in [0.1, 0.15) is 34.5 Å². The molecule has 67 heavy (non-hydrogen) atoms. The molecule has 20 heteroatoms. The van der Waals surface area contributed by atoms with Gasteiger partial charge in [0, 0.05) is 66.9 Å². The number of H-pyrrole nitrogens is 1. The van der Waals surface area contributed by atoms with Crippen LogP contribution in [-0.2, 0) is 58.0 Å². The molecule has 3 aliphatic rings. The van der Waals surface area contributed by atoms with Gasteiger partial charge in [-0.1, -0.05) is 44.8 Å². The number of hydrogen-bond donors (Lipinski definition) is 7. The monoisotopic (exact) mass is 995 g/mol. The molecule has 1 aromatic carbocycles. The summed E-state index contributed by atoms with van der Waals surface area (Å²) in [5, 5.41) is 44.7. The number of aromatic nitrogens is 2. The third-order valence-corrected chi connectivity index (χ3v) is 14.7. The van der Waals surface area contributed by atoms with E-state index in [-0.39, 0.29) is 71.7 Å². The first kappa shape index (κ1) is 52.1. The number of thioether (sulfide) groups is 1. The van der Waals surface area contributed by atoms with Crippen LogP contribution in [0.25, 0.3) is 21.8 Å². The molecule has 3 aromatic rings. The van der Waals surface area contributed by atoms with Crippen molar-refractivity contribution in [2.45, 2.75) is 107 Å². The maximum atomic E-state index is 15.3. The number of rotatable bonds is 14. The first-order chi connectivity index (χ1) is 31.9. The van der Waals surface area contributed by atoms with Crippen LogP contribution in [0.2, 0.25) is 0 Å². The molecule has 2 saturated heterocycles. The van der Waals surface area contributed by atoms with Crippen molar-refractivity contribution in [3.8, 4) is 29.4 Å². The molecule has 0 saturated carbocycles. The molecule has 1 aliphatic carbocycles. The molecule has 2 amide bonds. The number of amides is 2. The first-order valence-corrected chi connectivity index (χ1v) is 26.8. The van der Waals surface area contributed by atoms with Crippen LogP contribution in [0, 0.1) is 23.7 Å². The van der Waals surface area contributed by atoms with Crippen LogP contribution in [0.15, 0.2) is 65.5 Å². The van der Waals surface area contributed by atoms with Gasteiger partial charge in [-0.05, 0) is 90.7 Å². The number of carbonyl (C=O) groups excluding carboxylic acids is 3. The number of aliphatic hydroxyl groups excluding tert-OH is 2. The number of pyridine rings is 1. The second-order valence-electron chi connectivity index (χ2n) is 16.6. The minimum absolute atomic E-state index is 0.00226. The Kier molecular flexibility index (Phi) is 17.5. The van der Waals surface area contributed by atoms with E-state index in [1.807, 2.05) is 13.8 Å². The van der Waals surface area contributed by atoms with Crippen LogP contribution in [0.1, 0.15) is 51.0 Å². The summed E-state index contributed by atoms with van der Waals surface area (Å²) in [5.41, 5.74) is 1.03. The lowest BCUT2D eigenvalue weighted by molar-refractivity contribution is -0.323. The number of phenols is 1. The zero-order chi connectivity index (χ0) is 48.8. The van der Waals surface area contributed by atoms with Crippen molar-refractivity contribution in [2.75, 3.05) is 39.0 Å². The second kappa shape index (κ2) is 22.4. The van der Waals surface area contributed by atoms with Crippen LogP contribution >= 0.6 is 11.8 Å². The van der Waals surface area contributed by atoms with Gasteiger partial charge in [-0.3, -0.25) is 14.6 Å². The SMILES string of the molecule is CC#C/C=C\C#C[C@H](OC1OC(C)C(SC)(C(=O)c2nccc3c2[nH]c2ccc(O)cc23)C(O)C1OC1CC(OC)C(NC(C)C)CO1)C1=C(NC(=O)NC)C(=O)C[C@H](O)/C1=C/CS(C)(=S)=S. The molecule has 16 nitrogen and oxygen atoms in total. The molecule has 2 fully saturated rings. The highest BCUT2D eigenvalue weighted by Gasteiger charge is 2.61. The summed E-state index contributed by atoms with van der Waals surface area (Å²) in [5.74, 6) is 10.5. The van der Waals surface area contributed by atoms with Gasteiger partial charge < -0.3 is 59.9 Å². The summed E-state index contributed by atoms with van der Waals surface area (Å²) in [4.78, 5) is 50.0. The van der Waals surface area contributed by atoms with E-state index in [9.17, 15) is 24.9 Å². The summed E-state index contributed by atoms with van der Waals surface area (Å²) >= 11 is 12.2. The molecule has 360 valence electrons. The summed E-state index contributed by atoms with van der Waals surface area (Å²) < 4.78 is 30.6. The number of nitrogens with one attached hydrogen (secondary N) is 4. The highest BCUT2D eigenvalue weighted by molar-refractivity contribution is 8.56. The number of ketones is 2. The average molecular weight is 996 g/mol. The van der Waals surface area contributed by atoms with E-state index >= 15 is 4.79 Å². The number of urea groups is 1. The van der Waals surface area contributed by atoms with Crippen molar-refractivity contribution in [3.63, 3.8) is 0 Å². The van der Waals surface area contributed by atoms with Gasteiger partial charge in [-0.15, -0.1) is 17.7 Å². The number of Topliss-reactive ketones (excluding diaryl/α,β-unsaturated/α-hetero) is 2. The Morgan fingerprint density at radius 3 is 2.60 bits per heavy atom. The summed E-state index contributed by atoms with van der Waals surface area (Å²) in [7, 11) is 0.937. The molecule has 0 spiro atoms. The molecule has 2 aliphatic heterocycles. The number of carbonyl (C=O) groups is 3. The molecule has 0 bridgehead atoms. The van der Waals surface area contributed by atoms with Gasteiger partial charge in [-0.2, -0.15) is 0 Å². The highest BCUT2D eigenvalue weighted by atomic mass is 33.1. The van der Waals surface area contributed by atoms with Crippen LogP contribution in [0.4, 0.5) is 4.79 Å². The Balaban J connectivity index is 1.51. The van der Waals surface area contributed by atoms with Gasteiger partial charge in [0.15, 0.2) is 18.4 Å². The summed E-state index contributed by atoms with van der Waals surface area (Å²) in [6, 6.07) is 5.73. The standard InChI is InChI=1S/C47H57N5O11S4/c1-9-10-11-12-13-14-35(38-29(18-20-67(8,64)65)33(54)22-34(55)40(38)52-46(58)48-5)62-45-42(63-37-23-36(59-6)32(24-60-37)50-25(2)3)44(57)47(66-7,26(4)61-45)43(56)41-39-28(17-19-49-41)30-21-27(53)15-16-31(30)51-39/h11-12,15-19,21,25-26,32-33,35-37,42,44-45,50-51,53-54,57H,20,22-24H2,1-8H3,(H2,48,52,58)/b12-11-,29-18-/t26?,32?,33-,35-,36?,37?,42?,44?,45?,47?/m0/s1. The average Bonchev–Trinajstić information content (AvgIpc) is 3.65. The van der Waals surface area contributed by atoms with Crippen LogP contribution in [-0.4, -0.2) is 148 Å². The number of phenolic OH excluding ortho intramolecular Hbond substituents is 1. The number of ether oxygens (including phenoxy) is 5. The number of methoxy groups -OCH3 is 1. The Hall–Kier alpha value is -4.26. The van der Waals surface area contributed by atoms with Gasteiger partial charge in [0.05, 0.1) is 42.2 Å². The maximum Gasteiger partial charge on any atom is 0.319 e. The van der Waals surface area contributed by atoms with E-state index in [0.717, 1.165) is 11.8 Å². The first-order valence-electron chi connectivity index (χ1n) is 21.5. The molecule has 7 N–H and O–H groups in total.